The first-order valence-corrected chi connectivity index (χ1v) is 8.57. The summed E-state index contributed by atoms with van der Waals surface area (Å²) in [5, 5.41) is 0. The maximum absolute atomic E-state index is 12.5. The number of rotatable bonds is 6. The normalized spacial score (nSPS) is 14.2. The number of carbonyl (C=O) groups is 1. The maximum Gasteiger partial charge on any atom is 0.434 e. The number of ether oxygens (including phenoxy) is 1. The molecular formula is C14H13F6NO4S. The van der Waals surface area contributed by atoms with E-state index in [4.69, 9.17) is 0 Å². The Morgan fingerprint density at radius 3 is 1.92 bits per heavy atom. The molecule has 0 radical (unpaired) electrons. The number of alkyl halides is 6. The molecule has 0 saturated carbocycles. The minimum atomic E-state index is -5.90. The molecule has 0 aromatic heterocycles. The van der Waals surface area contributed by atoms with E-state index in [0.29, 0.717) is 6.26 Å². The molecule has 1 atom stereocenters. The topological polar surface area (TPSA) is 72.5 Å². The molecule has 0 heterocycles. The molecule has 1 aromatic carbocycles. The van der Waals surface area contributed by atoms with E-state index in [9.17, 15) is 39.6 Å². The first kappa shape index (κ1) is 22.0. The van der Waals surface area contributed by atoms with Gasteiger partial charge in [0, 0.05) is 0 Å². The second kappa shape index (κ2) is 7.66. The number of halogens is 6. The molecule has 0 aliphatic carbocycles. The van der Waals surface area contributed by atoms with Crippen molar-refractivity contribution in [2.45, 2.75) is 24.5 Å². The van der Waals surface area contributed by atoms with Crippen LogP contribution < -0.4 is 4.72 Å². The van der Waals surface area contributed by atoms with Crippen molar-refractivity contribution in [1.82, 2.24) is 4.72 Å². The summed E-state index contributed by atoms with van der Waals surface area (Å²) in [6.45, 7) is 3.10. The van der Waals surface area contributed by atoms with Crippen molar-refractivity contribution < 1.29 is 44.3 Å². The van der Waals surface area contributed by atoms with Gasteiger partial charge in [0.2, 0.25) is 10.0 Å². The van der Waals surface area contributed by atoms with Crippen LogP contribution in [0.1, 0.15) is 11.6 Å². The first-order chi connectivity index (χ1) is 11.6. The Morgan fingerprint density at radius 1 is 1.08 bits per heavy atom. The van der Waals surface area contributed by atoms with Crippen LogP contribution in [-0.2, 0) is 19.6 Å². The van der Waals surface area contributed by atoms with Gasteiger partial charge < -0.3 is 4.74 Å². The number of hydrogen-bond acceptors (Lipinski definition) is 4. The first-order valence-electron chi connectivity index (χ1n) is 6.68. The minimum Gasteiger partial charge on any atom is -0.439 e. The lowest BCUT2D eigenvalue weighted by atomic mass is 10.0. The molecule has 0 amide bonds. The SMILES string of the molecule is C=C(C(=O)OC(C(F)(F)F)C(F)(F)F)[C@@H](NS(C)(=O)=O)c1ccccc1. The van der Waals surface area contributed by atoms with Crippen LogP contribution in [0.15, 0.2) is 42.5 Å². The van der Waals surface area contributed by atoms with E-state index in [1.807, 2.05) is 4.72 Å². The van der Waals surface area contributed by atoms with Gasteiger partial charge in [0.05, 0.1) is 17.9 Å². The summed E-state index contributed by atoms with van der Waals surface area (Å²) >= 11 is 0. The largest absolute Gasteiger partial charge is 0.439 e. The van der Waals surface area contributed by atoms with E-state index in [0.717, 1.165) is 0 Å². The molecule has 0 spiro atoms. The third-order valence-corrected chi connectivity index (χ3v) is 3.56. The molecule has 26 heavy (non-hydrogen) atoms. The average Bonchev–Trinajstić information content (AvgIpc) is 2.47. The quantitative estimate of drug-likeness (QED) is 0.449. The molecule has 0 aliphatic rings. The molecule has 0 unspecified atom stereocenters. The molecule has 0 aliphatic heterocycles. The molecule has 1 rings (SSSR count). The monoisotopic (exact) mass is 405 g/mol. The molecule has 12 heteroatoms. The fourth-order valence-electron chi connectivity index (χ4n) is 1.82. The Morgan fingerprint density at radius 2 is 1.54 bits per heavy atom. The van der Waals surface area contributed by atoms with Crippen LogP contribution >= 0.6 is 0 Å². The highest BCUT2D eigenvalue weighted by molar-refractivity contribution is 7.88. The smallest absolute Gasteiger partial charge is 0.434 e. The predicted molar refractivity (Wildman–Crippen MR) is 78.3 cm³/mol. The van der Waals surface area contributed by atoms with Crippen LogP contribution in [0.4, 0.5) is 26.3 Å². The predicted octanol–water partition coefficient (Wildman–Crippen LogP) is 2.87. The number of hydrogen-bond donors (Lipinski definition) is 1. The molecule has 0 bridgehead atoms. The van der Waals surface area contributed by atoms with Crippen molar-refractivity contribution in [3.8, 4) is 0 Å². The molecule has 0 saturated heterocycles. The Labute approximate surface area is 144 Å². The summed E-state index contributed by atoms with van der Waals surface area (Å²) in [7, 11) is -4.00. The van der Waals surface area contributed by atoms with Crippen molar-refractivity contribution in [2.24, 2.45) is 0 Å². The second-order valence-corrected chi connectivity index (χ2v) is 6.91. The lowest BCUT2D eigenvalue weighted by Gasteiger charge is -2.25. The van der Waals surface area contributed by atoms with E-state index >= 15 is 0 Å². The third kappa shape index (κ3) is 6.33. The third-order valence-electron chi connectivity index (χ3n) is 2.89. The number of carbonyl (C=O) groups excluding carboxylic acids is 1. The molecule has 1 N–H and O–H groups in total. The van der Waals surface area contributed by atoms with Gasteiger partial charge in [-0.2, -0.15) is 26.3 Å². The van der Waals surface area contributed by atoms with E-state index in [2.05, 4.69) is 11.3 Å². The van der Waals surface area contributed by atoms with Crippen molar-refractivity contribution >= 4 is 16.0 Å². The summed E-state index contributed by atoms with van der Waals surface area (Å²) in [6.07, 6.45) is -15.5. The fraction of sp³-hybridized carbons (Fsp3) is 0.357. The van der Waals surface area contributed by atoms with Crippen LogP contribution in [0.5, 0.6) is 0 Å². The highest BCUT2D eigenvalue weighted by atomic mass is 32.2. The summed E-state index contributed by atoms with van der Waals surface area (Å²) in [6, 6.07) is 5.34. The van der Waals surface area contributed by atoms with E-state index in [-0.39, 0.29) is 5.56 Å². The Hall–Kier alpha value is -2.08. The molecule has 1 aromatic rings. The van der Waals surface area contributed by atoms with Crippen molar-refractivity contribution in [2.75, 3.05) is 6.26 Å². The van der Waals surface area contributed by atoms with Gasteiger partial charge in [-0.25, -0.2) is 17.9 Å². The molecular weight excluding hydrogens is 392 g/mol. The van der Waals surface area contributed by atoms with Gasteiger partial charge in [-0.3, -0.25) is 0 Å². The van der Waals surface area contributed by atoms with Crippen LogP contribution in [0.3, 0.4) is 0 Å². The van der Waals surface area contributed by atoms with Gasteiger partial charge in [-0.05, 0) is 5.56 Å². The van der Waals surface area contributed by atoms with E-state index < -0.39 is 46.1 Å². The van der Waals surface area contributed by atoms with Gasteiger partial charge in [0.15, 0.2) is 0 Å². The Balaban J connectivity index is 3.16. The van der Waals surface area contributed by atoms with Gasteiger partial charge in [-0.1, -0.05) is 36.9 Å². The summed E-state index contributed by atoms with van der Waals surface area (Å²) in [5.74, 6) is -2.05. The van der Waals surface area contributed by atoms with E-state index in [1.54, 1.807) is 0 Å². The van der Waals surface area contributed by atoms with Gasteiger partial charge in [0.1, 0.15) is 0 Å². The standard InChI is InChI=1S/C14H13F6NO4S/c1-8(11(22)25-12(13(15,16)17)14(18,19)20)10(21-26(2,23)24)9-6-4-3-5-7-9/h3-7,10,12,21H,1H2,2H3/t10-/m1/s1. The second-order valence-electron chi connectivity index (χ2n) is 5.13. The number of benzene rings is 1. The fourth-order valence-corrected chi connectivity index (χ4v) is 2.53. The lowest BCUT2D eigenvalue weighted by Crippen LogP contribution is -2.46. The number of nitrogens with one attached hydrogen (secondary N) is 1. The lowest BCUT2D eigenvalue weighted by molar-refractivity contribution is -0.312. The van der Waals surface area contributed by atoms with Crippen molar-refractivity contribution in [3.63, 3.8) is 0 Å². The van der Waals surface area contributed by atoms with Crippen LogP contribution in [0.2, 0.25) is 0 Å². The summed E-state index contributed by atoms with van der Waals surface area (Å²) < 4.78 is 103. The zero-order chi connectivity index (χ0) is 20.3. The van der Waals surface area contributed by atoms with E-state index in [1.165, 1.54) is 30.3 Å². The zero-order valence-electron chi connectivity index (χ0n) is 13.1. The van der Waals surface area contributed by atoms with Crippen LogP contribution in [0.25, 0.3) is 0 Å². The molecule has 5 nitrogen and oxygen atoms in total. The summed E-state index contributed by atoms with van der Waals surface area (Å²) in [5.41, 5.74) is -0.879. The highest BCUT2D eigenvalue weighted by Crippen LogP contribution is 2.36. The highest BCUT2D eigenvalue weighted by Gasteiger charge is 2.60. The summed E-state index contributed by atoms with van der Waals surface area (Å²) in [4.78, 5) is 11.8. The maximum atomic E-state index is 12.5. The Bertz CT molecular complexity index is 744. The molecule has 146 valence electrons. The number of sulfonamides is 1. The van der Waals surface area contributed by atoms with Crippen molar-refractivity contribution in [3.05, 3.63) is 48.0 Å². The Kier molecular flexibility index (Phi) is 6.47. The van der Waals surface area contributed by atoms with Crippen molar-refractivity contribution in [1.29, 1.82) is 0 Å². The molecule has 0 fully saturated rings. The average molecular weight is 405 g/mol. The van der Waals surface area contributed by atoms with Crippen LogP contribution in [0, 0.1) is 0 Å². The zero-order valence-corrected chi connectivity index (χ0v) is 13.9. The van der Waals surface area contributed by atoms with Gasteiger partial charge in [-0.15, -0.1) is 0 Å². The van der Waals surface area contributed by atoms with Crippen LogP contribution in [-0.4, -0.2) is 39.1 Å². The minimum absolute atomic E-state index is 0.0652. The van der Waals surface area contributed by atoms with Gasteiger partial charge >= 0.3 is 18.3 Å². The van der Waals surface area contributed by atoms with Gasteiger partial charge in [0.25, 0.3) is 6.10 Å². The number of esters is 1.